The second kappa shape index (κ2) is 5.64. The second-order valence-corrected chi connectivity index (χ2v) is 4.11. The highest BCUT2D eigenvalue weighted by atomic mass is 127. The van der Waals surface area contributed by atoms with Crippen LogP contribution in [0.2, 0.25) is 0 Å². The minimum absolute atomic E-state index is 0.0580. The lowest BCUT2D eigenvalue weighted by Gasteiger charge is -2.15. The first-order valence-corrected chi connectivity index (χ1v) is 5.42. The maximum Gasteiger partial charge on any atom is 0.573 e. The van der Waals surface area contributed by atoms with Gasteiger partial charge >= 0.3 is 6.36 Å². The van der Waals surface area contributed by atoms with E-state index in [1.54, 1.807) is 28.7 Å². The molecule has 1 rings (SSSR count). The Morgan fingerprint density at radius 2 is 2.06 bits per heavy atom. The highest BCUT2D eigenvalue weighted by Gasteiger charge is 2.35. The predicted molar refractivity (Wildman–Crippen MR) is 57.9 cm³/mol. The van der Waals surface area contributed by atoms with Crippen LogP contribution in [0.5, 0.6) is 5.75 Å². The average molecular weight is 378 g/mol. The van der Waals surface area contributed by atoms with Crippen LogP contribution in [0, 0.1) is 15.0 Å². The SMILES string of the molecule is N#CCc1cc(I)nc(C(F)F)c1OC(F)(F)F. The third-order valence-corrected chi connectivity index (χ3v) is 2.29. The Balaban J connectivity index is 3.37. The number of nitriles is 1. The van der Waals surface area contributed by atoms with Gasteiger partial charge in [0.15, 0.2) is 11.4 Å². The minimum atomic E-state index is -5.12. The van der Waals surface area contributed by atoms with Gasteiger partial charge in [0, 0.05) is 5.56 Å². The van der Waals surface area contributed by atoms with Crippen LogP contribution in [-0.4, -0.2) is 11.3 Å². The van der Waals surface area contributed by atoms with E-state index in [0.717, 1.165) is 6.07 Å². The molecule has 0 N–H and O–H groups in total. The van der Waals surface area contributed by atoms with Crippen LogP contribution >= 0.6 is 22.6 Å². The van der Waals surface area contributed by atoms with E-state index in [2.05, 4.69) is 9.72 Å². The first-order valence-electron chi connectivity index (χ1n) is 4.34. The van der Waals surface area contributed by atoms with Gasteiger partial charge in [-0.3, -0.25) is 0 Å². The van der Waals surface area contributed by atoms with Crippen molar-refractivity contribution in [1.82, 2.24) is 4.98 Å². The van der Waals surface area contributed by atoms with E-state index in [1.165, 1.54) is 0 Å². The standard InChI is InChI=1S/C9H4F5IN2O/c10-8(11)6-7(18-9(12,13)14)4(1-2-16)3-5(15)17-6/h3,8H,1H2. The van der Waals surface area contributed by atoms with Gasteiger partial charge in [0.05, 0.1) is 12.5 Å². The van der Waals surface area contributed by atoms with Crippen molar-refractivity contribution in [3.63, 3.8) is 0 Å². The van der Waals surface area contributed by atoms with Crippen molar-refractivity contribution in [2.75, 3.05) is 0 Å². The van der Waals surface area contributed by atoms with Crippen LogP contribution in [0.25, 0.3) is 0 Å². The molecular weight excluding hydrogens is 374 g/mol. The molecule has 0 aliphatic carbocycles. The molecule has 3 nitrogen and oxygen atoms in total. The van der Waals surface area contributed by atoms with Crippen molar-refractivity contribution in [3.8, 4) is 11.8 Å². The molecular formula is C9H4F5IN2O. The van der Waals surface area contributed by atoms with Gasteiger partial charge in [0.1, 0.15) is 3.70 Å². The monoisotopic (exact) mass is 378 g/mol. The summed E-state index contributed by atoms with van der Waals surface area (Å²) in [5.41, 5.74) is -1.39. The topological polar surface area (TPSA) is 45.9 Å². The Bertz CT molecular complexity index is 483. The van der Waals surface area contributed by atoms with E-state index in [1.807, 2.05) is 0 Å². The van der Waals surface area contributed by atoms with Crippen LogP contribution in [0.4, 0.5) is 22.0 Å². The maximum absolute atomic E-state index is 12.6. The Hall–Kier alpha value is -1.18. The lowest BCUT2D eigenvalue weighted by molar-refractivity contribution is -0.275. The van der Waals surface area contributed by atoms with Crippen molar-refractivity contribution in [2.45, 2.75) is 19.2 Å². The maximum atomic E-state index is 12.6. The zero-order chi connectivity index (χ0) is 13.9. The van der Waals surface area contributed by atoms with E-state index >= 15 is 0 Å². The molecule has 0 radical (unpaired) electrons. The number of rotatable bonds is 3. The molecule has 0 bridgehead atoms. The summed E-state index contributed by atoms with van der Waals surface area (Å²) >= 11 is 1.57. The summed E-state index contributed by atoms with van der Waals surface area (Å²) in [6.07, 6.45) is -8.83. The molecule has 0 saturated carbocycles. The number of nitrogens with zero attached hydrogens (tertiary/aromatic N) is 2. The van der Waals surface area contributed by atoms with Crippen molar-refractivity contribution in [1.29, 1.82) is 5.26 Å². The largest absolute Gasteiger partial charge is 0.573 e. The van der Waals surface area contributed by atoms with E-state index in [-0.39, 0.29) is 9.26 Å². The van der Waals surface area contributed by atoms with Gasteiger partial charge in [-0.25, -0.2) is 13.8 Å². The number of alkyl halides is 5. The van der Waals surface area contributed by atoms with Gasteiger partial charge in [-0.1, -0.05) is 0 Å². The molecule has 0 aliphatic rings. The number of aromatic nitrogens is 1. The van der Waals surface area contributed by atoms with Crippen LogP contribution in [0.1, 0.15) is 17.7 Å². The second-order valence-electron chi connectivity index (χ2n) is 3.00. The number of halogens is 6. The molecule has 0 unspecified atom stereocenters. The quantitative estimate of drug-likeness (QED) is 0.459. The highest BCUT2D eigenvalue weighted by Crippen LogP contribution is 2.35. The zero-order valence-electron chi connectivity index (χ0n) is 8.43. The van der Waals surface area contributed by atoms with E-state index in [4.69, 9.17) is 5.26 Å². The molecule has 9 heteroatoms. The van der Waals surface area contributed by atoms with Crippen molar-refractivity contribution < 1.29 is 26.7 Å². The molecule has 0 amide bonds. The molecule has 1 aromatic heterocycles. The number of hydrogen-bond donors (Lipinski definition) is 0. The number of ether oxygens (including phenoxy) is 1. The molecule has 0 aromatic carbocycles. The summed E-state index contributed by atoms with van der Waals surface area (Å²) in [6, 6.07) is 2.67. The smallest absolute Gasteiger partial charge is 0.403 e. The molecule has 0 atom stereocenters. The van der Waals surface area contributed by atoms with Crippen LogP contribution < -0.4 is 4.74 Å². The van der Waals surface area contributed by atoms with Crippen molar-refractivity contribution in [3.05, 3.63) is 21.0 Å². The fraction of sp³-hybridized carbons (Fsp3) is 0.333. The highest BCUT2D eigenvalue weighted by molar-refractivity contribution is 14.1. The van der Waals surface area contributed by atoms with E-state index in [9.17, 15) is 22.0 Å². The zero-order valence-corrected chi connectivity index (χ0v) is 10.6. The van der Waals surface area contributed by atoms with Gasteiger partial charge in [-0.15, -0.1) is 13.2 Å². The Morgan fingerprint density at radius 1 is 1.44 bits per heavy atom. The summed E-state index contributed by atoms with van der Waals surface area (Å²) in [7, 11) is 0. The summed E-state index contributed by atoms with van der Waals surface area (Å²) in [5, 5.41) is 8.47. The molecule has 0 saturated heterocycles. The summed E-state index contributed by atoms with van der Waals surface area (Å²) < 4.78 is 65.2. The fourth-order valence-electron chi connectivity index (χ4n) is 1.17. The first kappa shape index (κ1) is 14.9. The lowest BCUT2D eigenvalue weighted by Crippen LogP contribution is -2.20. The lowest BCUT2D eigenvalue weighted by atomic mass is 10.1. The van der Waals surface area contributed by atoms with Gasteiger partial charge in [-0.2, -0.15) is 5.26 Å². The minimum Gasteiger partial charge on any atom is -0.403 e. The van der Waals surface area contributed by atoms with E-state index < -0.39 is 30.7 Å². The molecule has 18 heavy (non-hydrogen) atoms. The van der Waals surface area contributed by atoms with Gasteiger partial charge in [-0.05, 0) is 28.7 Å². The summed E-state index contributed by atoms with van der Waals surface area (Å²) in [5.74, 6) is -1.10. The molecule has 98 valence electrons. The molecule has 0 fully saturated rings. The molecule has 1 aromatic rings. The van der Waals surface area contributed by atoms with Crippen molar-refractivity contribution >= 4 is 22.6 Å². The van der Waals surface area contributed by atoms with Crippen molar-refractivity contribution in [2.24, 2.45) is 0 Å². The van der Waals surface area contributed by atoms with Gasteiger partial charge < -0.3 is 4.74 Å². The first-order chi connectivity index (χ1) is 8.24. The number of hydrogen-bond acceptors (Lipinski definition) is 3. The number of pyridine rings is 1. The van der Waals surface area contributed by atoms with Gasteiger partial charge in [0.25, 0.3) is 6.43 Å². The predicted octanol–water partition coefficient (Wildman–Crippen LogP) is 3.59. The molecule has 0 aliphatic heterocycles. The normalized spacial score (nSPS) is 11.4. The van der Waals surface area contributed by atoms with Crippen LogP contribution in [-0.2, 0) is 6.42 Å². The summed E-state index contributed by atoms with van der Waals surface area (Å²) in [6.45, 7) is 0. The third-order valence-electron chi connectivity index (χ3n) is 1.74. The van der Waals surface area contributed by atoms with Gasteiger partial charge in [0.2, 0.25) is 0 Å². The van der Waals surface area contributed by atoms with E-state index in [0.29, 0.717) is 0 Å². The van der Waals surface area contributed by atoms with Crippen LogP contribution in [0.3, 0.4) is 0 Å². The Kier molecular flexibility index (Phi) is 4.66. The molecule has 1 heterocycles. The Morgan fingerprint density at radius 3 is 2.50 bits per heavy atom. The average Bonchev–Trinajstić information content (AvgIpc) is 2.19. The molecule has 0 spiro atoms. The Labute approximate surface area is 112 Å². The summed E-state index contributed by atoms with van der Waals surface area (Å²) in [4.78, 5) is 3.30. The third kappa shape index (κ3) is 3.94. The van der Waals surface area contributed by atoms with Crippen LogP contribution in [0.15, 0.2) is 6.07 Å². The fourth-order valence-corrected chi connectivity index (χ4v) is 1.81.